The fourth-order valence-corrected chi connectivity index (χ4v) is 2.68. The first-order chi connectivity index (χ1) is 9.58. The molecule has 1 unspecified atom stereocenters. The molecule has 1 aromatic carbocycles. The minimum absolute atomic E-state index is 0.137. The van der Waals surface area contributed by atoms with Crippen molar-refractivity contribution in [2.24, 2.45) is 0 Å². The monoisotopic (exact) mass is 277 g/mol. The van der Waals surface area contributed by atoms with Crippen LogP contribution in [0.25, 0.3) is 0 Å². The smallest absolute Gasteiger partial charge is 0.144 e. The molecule has 1 aliphatic rings. The van der Waals surface area contributed by atoms with Gasteiger partial charge in [0, 0.05) is 24.3 Å². The predicted molar refractivity (Wildman–Crippen MR) is 85.4 cm³/mol. The van der Waals surface area contributed by atoms with E-state index in [-0.39, 0.29) is 6.10 Å². The summed E-state index contributed by atoms with van der Waals surface area (Å²) in [5, 5.41) is 3.61. The highest BCUT2D eigenvalue weighted by Crippen LogP contribution is 2.27. The minimum atomic E-state index is 0.137. The van der Waals surface area contributed by atoms with Crippen molar-refractivity contribution >= 4 is 11.4 Å². The maximum Gasteiger partial charge on any atom is 0.144 e. The third-order valence-corrected chi connectivity index (χ3v) is 3.70. The Morgan fingerprint density at radius 2 is 2.25 bits per heavy atom. The van der Waals surface area contributed by atoms with Crippen LogP contribution < -0.4 is 15.8 Å². The molecule has 112 valence electrons. The number of likely N-dealkylation sites (tertiary alicyclic amines) is 1. The Kier molecular flexibility index (Phi) is 5.12. The molecule has 0 aromatic heterocycles. The van der Waals surface area contributed by atoms with E-state index in [1.807, 2.05) is 32.0 Å². The van der Waals surface area contributed by atoms with Crippen LogP contribution in [0.5, 0.6) is 5.75 Å². The molecule has 0 bridgehead atoms. The normalized spacial score (nSPS) is 20.1. The van der Waals surface area contributed by atoms with Gasteiger partial charge >= 0.3 is 0 Å². The van der Waals surface area contributed by atoms with Gasteiger partial charge in [-0.1, -0.05) is 6.92 Å². The van der Waals surface area contributed by atoms with Crippen LogP contribution in [0.2, 0.25) is 0 Å². The van der Waals surface area contributed by atoms with Crippen LogP contribution in [0.15, 0.2) is 18.2 Å². The summed E-state index contributed by atoms with van der Waals surface area (Å²) in [7, 11) is 0. The number of anilines is 2. The molecule has 1 aliphatic heterocycles. The zero-order valence-corrected chi connectivity index (χ0v) is 12.9. The van der Waals surface area contributed by atoms with Crippen LogP contribution in [0.3, 0.4) is 0 Å². The van der Waals surface area contributed by atoms with Gasteiger partial charge in [-0.15, -0.1) is 0 Å². The molecule has 4 heteroatoms. The molecule has 0 radical (unpaired) electrons. The van der Waals surface area contributed by atoms with E-state index in [9.17, 15) is 0 Å². The number of nitrogen functional groups attached to an aromatic ring is 1. The third kappa shape index (κ3) is 4.04. The number of likely N-dealkylation sites (N-methyl/N-ethyl adjacent to an activating group) is 1. The number of ether oxygens (including phenoxy) is 1. The summed E-state index contributed by atoms with van der Waals surface area (Å²) < 4.78 is 5.74. The summed E-state index contributed by atoms with van der Waals surface area (Å²) in [5.74, 6) is 0.771. The standard InChI is InChI=1S/C16H27N3O/c1-4-19-9-5-6-14(11-19)18-13-7-8-15(17)16(10-13)20-12(2)3/h7-8,10,12,14,18H,4-6,9,11,17H2,1-3H3. The fourth-order valence-electron chi connectivity index (χ4n) is 2.68. The molecule has 1 fully saturated rings. The Labute approximate surface area is 122 Å². The predicted octanol–water partition coefficient (Wildman–Crippen LogP) is 2.95. The van der Waals surface area contributed by atoms with Crippen LogP contribution in [0.1, 0.15) is 33.6 Å². The van der Waals surface area contributed by atoms with E-state index in [4.69, 9.17) is 10.5 Å². The molecule has 0 saturated carbocycles. The van der Waals surface area contributed by atoms with Crippen LogP contribution in [0, 0.1) is 0 Å². The molecule has 0 amide bonds. The summed E-state index contributed by atoms with van der Waals surface area (Å²) in [5.41, 5.74) is 7.75. The average Bonchev–Trinajstić information content (AvgIpc) is 2.42. The van der Waals surface area contributed by atoms with Gasteiger partial charge in [0.05, 0.1) is 11.8 Å². The maximum atomic E-state index is 5.95. The van der Waals surface area contributed by atoms with E-state index in [2.05, 4.69) is 17.1 Å². The maximum absolute atomic E-state index is 5.95. The number of piperidine rings is 1. The van der Waals surface area contributed by atoms with Gasteiger partial charge in [-0.2, -0.15) is 0 Å². The van der Waals surface area contributed by atoms with Crippen molar-refractivity contribution in [3.8, 4) is 5.75 Å². The Hall–Kier alpha value is -1.42. The second-order valence-electron chi connectivity index (χ2n) is 5.80. The number of rotatable bonds is 5. The van der Waals surface area contributed by atoms with Crippen molar-refractivity contribution in [1.82, 2.24) is 4.90 Å². The van der Waals surface area contributed by atoms with Crippen LogP contribution in [-0.2, 0) is 0 Å². The van der Waals surface area contributed by atoms with E-state index in [1.165, 1.54) is 19.4 Å². The fraction of sp³-hybridized carbons (Fsp3) is 0.625. The largest absolute Gasteiger partial charge is 0.489 e. The van der Waals surface area contributed by atoms with Gasteiger partial charge < -0.3 is 20.7 Å². The molecular weight excluding hydrogens is 250 g/mol. The van der Waals surface area contributed by atoms with Gasteiger partial charge in [0.25, 0.3) is 0 Å². The molecule has 20 heavy (non-hydrogen) atoms. The SMILES string of the molecule is CCN1CCCC(Nc2ccc(N)c(OC(C)C)c2)C1. The van der Waals surface area contributed by atoms with Crippen LogP contribution in [-0.4, -0.2) is 36.7 Å². The number of nitrogens with zero attached hydrogens (tertiary/aromatic N) is 1. The minimum Gasteiger partial charge on any atom is -0.489 e. The zero-order chi connectivity index (χ0) is 14.5. The summed E-state index contributed by atoms with van der Waals surface area (Å²) >= 11 is 0. The zero-order valence-electron chi connectivity index (χ0n) is 12.9. The van der Waals surface area contributed by atoms with Gasteiger partial charge in [-0.25, -0.2) is 0 Å². The second-order valence-corrected chi connectivity index (χ2v) is 5.80. The quantitative estimate of drug-likeness (QED) is 0.813. The van der Waals surface area contributed by atoms with Crippen molar-refractivity contribution in [2.75, 3.05) is 30.7 Å². The molecule has 0 aliphatic carbocycles. The molecule has 1 aromatic rings. The lowest BCUT2D eigenvalue weighted by Crippen LogP contribution is -2.41. The first-order valence-corrected chi connectivity index (χ1v) is 7.63. The van der Waals surface area contributed by atoms with Gasteiger partial charge in [0.2, 0.25) is 0 Å². The first-order valence-electron chi connectivity index (χ1n) is 7.63. The molecule has 2 rings (SSSR count). The lowest BCUT2D eigenvalue weighted by atomic mass is 10.1. The summed E-state index contributed by atoms with van der Waals surface area (Å²) in [6.07, 6.45) is 2.62. The van der Waals surface area contributed by atoms with Gasteiger partial charge in [-0.3, -0.25) is 0 Å². The molecule has 1 heterocycles. The van der Waals surface area contributed by atoms with Crippen LogP contribution in [0.4, 0.5) is 11.4 Å². The highest BCUT2D eigenvalue weighted by atomic mass is 16.5. The van der Waals surface area contributed by atoms with Crippen molar-refractivity contribution in [3.63, 3.8) is 0 Å². The topological polar surface area (TPSA) is 50.5 Å². The third-order valence-electron chi connectivity index (χ3n) is 3.70. The van der Waals surface area contributed by atoms with E-state index in [1.54, 1.807) is 0 Å². The lowest BCUT2D eigenvalue weighted by molar-refractivity contribution is 0.226. The summed E-state index contributed by atoms with van der Waals surface area (Å²) in [4.78, 5) is 2.49. The van der Waals surface area contributed by atoms with E-state index in [0.29, 0.717) is 11.7 Å². The molecule has 0 spiro atoms. The van der Waals surface area contributed by atoms with Crippen LogP contribution >= 0.6 is 0 Å². The molecule has 3 N–H and O–H groups in total. The Morgan fingerprint density at radius 1 is 1.45 bits per heavy atom. The van der Waals surface area contributed by atoms with E-state index >= 15 is 0 Å². The first kappa shape index (κ1) is 15.0. The summed E-state index contributed by atoms with van der Waals surface area (Å²) in [6, 6.07) is 6.48. The van der Waals surface area contributed by atoms with Gasteiger partial charge in [0.1, 0.15) is 5.75 Å². The van der Waals surface area contributed by atoms with E-state index in [0.717, 1.165) is 24.5 Å². The van der Waals surface area contributed by atoms with E-state index < -0.39 is 0 Å². The average molecular weight is 277 g/mol. The second kappa shape index (κ2) is 6.84. The highest BCUT2D eigenvalue weighted by Gasteiger charge is 2.18. The number of hydrogen-bond donors (Lipinski definition) is 2. The van der Waals surface area contributed by atoms with Crippen molar-refractivity contribution in [1.29, 1.82) is 0 Å². The van der Waals surface area contributed by atoms with Crippen molar-refractivity contribution in [2.45, 2.75) is 45.8 Å². The molecular formula is C16H27N3O. The number of nitrogens with two attached hydrogens (primary N) is 1. The molecule has 1 saturated heterocycles. The highest BCUT2D eigenvalue weighted by molar-refractivity contribution is 5.61. The van der Waals surface area contributed by atoms with Crippen molar-refractivity contribution in [3.05, 3.63) is 18.2 Å². The van der Waals surface area contributed by atoms with Crippen molar-refractivity contribution < 1.29 is 4.74 Å². The number of benzene rings is 1. The lowest BCUT2D eigenvalue weighted by Gasteiger charge is -2.33. The Balaban J connectivity index is 2.02. The Morgan fingerprint density at radius 3 is 2.95 bits per heavy atom. The van der Waals surface area contributed by atoms with Gasteiger partial charge in [0.15, 0.2) is 0 Å². The number of nitrogens with one attached hydrogen (secondary N) is 1. The summed E-state index contributed by atoms with van der Waals surface area (Å²) in [6.45, 7) is 9.71. The number of hydrogen-bond acceptors (Lipinski definition) is 4. The van der Waals surface area contributed by atoms with Gasteiger partial charge in [-0.05, 0) is 51.9 Å². The molecule has 4 nitrogen and oxygen atoms in total. The Bertz CT molecular complexity index is 434. The molecule has 1 atom stereocenters.